The van der Waals surface area contributed by atoms with E-state index in [2.05, 4.69) is 60.6 Å². The molecule has 0 spiro atoms. The van der Waals surface area contributed by atoms with Gasteiger partial charge in [0.05, 0.1) is 12.2 Å². The summed E-state index contributed by atoms with van der Waals surface area (Å²) in [5.74, 6) is 1.52. The smallest absolute Gasteiger partial charge is 0.0726 e. The second kappa shape index (κ2) is 12.2. The number of anilines is 2. The van der Waals surface area contributed by atoms with Gasteiger partial charge in [-0.3, -0.25) is 4.90 Å². The van der Waals surface area contributed by atoms with Crippen molar-refractivity contribution < 1.29 is 9.47 Å². The van der Waals surface area contributed by atoms with E-state index >= 15 is 0 Å². The molecule has 1 aliphatic carbocycles. The van der Waals surface area contributed by atoms with E-state index in [9.17, 15) is 0 Å². The normalized spacial score (nSPS) is 28.7. The molecule has 204 valence electrons. The van der Waals surface area contributed by atoms with Gasteiger partial charge in [-0.15, -0.1) is 12.4 Å². The summed E-state index contributed by atoms with van der Waals surface area (Å²) in [6.07, 6.45) is 8.39. The quantitative estimate of drug-likeness (QED) is 0.479. The average molecular weight is 520 g/mol. The fraction of sp³-hybridized carbons (Fsp3) is 0.800. The molecule has 2 atom stereocenters. The molecule has 1 aromatic rings. The minimum atomic E-state index is 0. The Morgan fingerprint density at radius 2 is 1.50 bits per heavy atom. The molecular formula is C30H50ClN3O2. The van der Waals surface area contributed by atoms with Crippen LogP contribution in [0.4, 0.5) is 11.4 Å². The number of halogens is 1. The molecule has 0 bridgehead atoms. The van der Waals surface area contributed by atoms with E-state index in [0.29, 0.717) is 23.5 Å². The summed E-state index contributed by atoms with van der Waals surface area (Å²) < 4.78 is 11.6. The molecule has 0 amide bonds. The van der Waals surface area contributed by atoms with E-state index in [1.807, 2.05) is 0 Å². The van der Waals surface area contributed by atoms with E-state index in [4.69, 9.17) is 9.47 Å². The Morgan fingerprint density at radius 1 is 0.861 bits per heavy atom. The number of hydrogen-bond acceptors (Lipinski definition) is 5. The van der Waals surface area contributed by atoms with Crippen molar-refractivity contribution in [2.45, 2.75) is 84.3 Å². The molecular weight excluding hydrogens is 470 g/mol. The Labute approximate surface area is 226 Å². The lowest BCUT2D eigenvalue weighted by Crippen LogP contribution is -2.48. The summed E-state index contributed by atoms with van der Waals surface area (Å²) in [5.41, 5.74) is 5.02. The van der Waals surface area contributed by atoms with Crippen LogP contribution in [0, 0.1) is 11.3 Å². The van der Waals surface area contributed by atoms with Gasteiger partial charge in [-0.05, 0) is 93.4 Å². The van der Waals surface area contributed by atoms with Crippen LogP contribution in [0.25, 0.3) is 0 Å². The van der Waals surface area contributed by atoms with Gasteiger partial charge < -0.3 is 19.3 Å². The van der Waals surface area contributed by atoms with Crippen LogP contribution in [-0.4, -0.2) is 76.1 Å². The lowest BCUT2D eigenvalue weighted by molar-refractivity contribution is -0.00522. The standard InChI is InChI=1S/C30H49N3O2.ClH/c1-23-20-33(21-24(2)35-23)27-5-6-29(28(19-27)26-7-11-30(3,4)12-8-26)32-15-13-31(14-16-32)22-25-9-17-34-18-10-25;/h5-6,19,23-26H,7-18,20-22H2,1-4H3;1H/t23-,24+;. The van der Waals surface area contributed by atoms with Gasteiger partial charge >= 0.3 is 0 Å². The summed E-state index contributed by atoms with van der Waals surface area (Å²) in [6.45, 7) is 19.2. The van der Waals surface area contributed by atoms with Crippen molar-refractivity contribution in [2.75, 3.05) is 68.8 Å². The number of ether oxygens (including phenoxy) is 2. The zero-order chi connectivity index (χ0) is 24.4. The van der Waals surface area contributed by atoms with Gasteiger partial charge in [-0.2, -0.15) is 0 Å². The zero-order valence-electron chi connectivity index (χ0n) is 23.2. The number of benzene rings is 1. The molecule has 0 aromatic heterocycles. The van der Waals surface area contributed by atoms with Crippen molar-refractivity contribution in [1.29, 1.82) is 0 Å². The fourth-order valence-electron chi connectivity index (χ4n) is 6.92. The maximum Gasteiger partial charge on any atom is 0.0726 e. The number of piperazine rings is 1. The van der Waals surface area contributed by atoms with Gasteiger partial charge in [0.1, 0.15) is 0 Å². The largest absolute Gasteiger partial charge is 0.381 e. The minimum absolute atomic E-state index is 0. The monoisotopic (exact) mass is 519 g/mol. The maximum atomic E-state index is 6.03. The Balaban J connectivity index is 0.00000304. The summed E-state index contributed by atoms with van der Waals surface area (Å²) in [6, 6.07) is 7.42. The Kier molecular flexibility index (Phi) is 9.52. The van der Waals surface area contributed by atoms with Gasteiger partial charge in [0.15, 0.2) is 0 Å². The van der Waals surface area contributed by atoms with Gasteiger partial charge in [0.2, 0.25) is 0 Å². The molecule has 36 heavy (non-hydrogen) atoms. The molecule has 1 aromatic carbocycles. The molecule has 3 saturated heterocycles. The zero-order valence-corrected chi connectivity index (χ0v) is 24.0. The van der Waals surface area contributed by atoms with Gasteiger partial charge in [0.25, 0.3) is 0 Å². The second-order valence-electron chi connectivity index (χ2n) is 12.7. The van der Waals surface area contributed by atoms with Crippen LogP contribution in [0.2, 0.25) is 0 Å². The fourth-order valence-corrected chi connectivity index (χ4v) is 6.92. The van der Waals surface area contributed by atoms with Crippen LogP contribution in [-0.2, 0) is 9.47 Å². The van der Waals surface area contributed by atoms with Crippen LogP contribution < -0.4 is 9.80 Å². The van der Waals surface area contributed by atoms with E-state index in [0.717, 1.165) is 45.3 Å². The predicted molar refractivity (Wildman–Crippen MR) is 153 cm³/mol. The maximum absolute atomic E-state index is 6.03. The van der Waals surface area contributed by atoms with E-state index in [1.165, 1.54) is 69.5 Å². The first-order valence-electron chi connectivity index (χ1n) is 14.5. The molecule has 1 saturated carbocycles. The number of morpholine rings is 1. The summed E-state index contributed by atoms with van der Waals surface area (Å²) in [4.78, 5) is 7.97. The molecule has 3 heterocycles. The molecule has 0 N–H and O–H groups in total. The Hall–Kier alpha value is -1.01. The summed E-state index contributed by atoms with van der Waals surface area (Å²) in [5, 5.41) is 0. The van der Waals surface area contributed by atoms with Crippen molar-refractivity contribution in [3.63, 3.8) is 0 Å². The molecule has 0 radical (unpaired) electrons. The first-order chi connectivity index (χ1) is 16.9. The summed E-state index contributed by atoms with van der Waals surface area (Å²) >= 11 is 0. The van der Waals surface area contributed by atoms with Crippen molar-refractivity contribution in [1.82, 2.24) is 4.90 Å². The lowest BCUT2D eigenvalue weighted by atomic mass is 9.71. The second-order valence-corrected chi connectivity index (χ2v) is 12.7. The third kappa shape index (κ3) is 6.89. The highest BCUT2D eigenvalue weighted by Crippen LogP contribution is 2.46. The Bertz CT molecular complexity index is 815. The molecule has 0 unspecified atom stereocenters. The third-order valence-corrected chi connectivity index (χ3v) is 9.15. The predicted octanol–water partition coefficient (Wildman–Crippen LogP) is 5.95. The molecule has 6 heteroatoms. The summed E-state index contributed by atoms with van der Waals surface area (Å²) in [7, 11) is 0. The topological polar surface area (TPSA) is 28.2 Å². The van der Waals surface area contributed by atoms with Crippen LogP contribution in [0.5, 0.6) is 0 Å². The molecule has 5 rings (SSSR count). The average Bonchev–Trinajstić information content (AvgIpc) is 2.84. The molecule has 3 aliphatic heterocycles. The van der Waals surface area contributed by atoms with Crippen LogP contribution >= 0.6 is 12.4 Å². The number of hydrogen-bond donors (Lipinski definition) is 0. The van der Waals surface area contributed by atoms with Gasteiger partial charge in [-0.1, -0.05) is 13.8 Å². The molecule has 5 nitrogen and oxygen atoms in total. The van der Waals surface area contributed by atoms with E-state index in [-0.39, 0.29) is 12.4 Å². The van der Waals surface area contributed by atoms with E-state index in [1.54, 1.807) is 5.56 Å². The van der Waals surface area contributed by atoms with Crippen molar-refractivity contribution in [2.24, 2.45) is 11.3 Å². The molecule has 4 fully saturated rings. The van der Waals surface area contributed by atoms with Crippen LogP contribution in [0.3, 0.4) is 0 Å². The Morgan fingerprint density at radius 3 is 2.14 bits per heavy atom. The number of rotatable bonds is 5. The molecule has 4 aliphatic rings. The highest BCUT2D eigenvalue weighted by atomic mass is 35.5. The van der Waals surface area contributed by atoms with Crippen LogP contribution in [0.15, 0.2) is 18.2 Å². The van der Waals surface area contributed by atoms with Crippen molar-refractivity contribution in [3.8, 4) is 0 Å². The van der Waals surface area contributed by atoms with Crippen molar-refractivity contribution in [3.05, 3.63) is 23.8 Å². The van der Waals surface area contributed by atoms with Gasteiger partial charge in [-0.25, -0.2) is 0 Å². The third-order valence-electron chi connectivity index (χ3n) is 9.15. The first kappa shape index (κ1) is 28.0. The minimum Gasteiger partial charge on any atom is -0.381 e. The van der Waals surface area contributed by atoms with Crippen LogP contribution in [0.1, 0.15) is 77.7 Å². The van der Waals surface area contributed by atoms with Crippen molar-refractivity contribution >= 4 is 23.8 Å². The number of nitrogens with zero attached hydrogens (tertiary/aromatic N) is 3. The lowest BCUT2D eigenvalue weighted by Gasteiger charge is -2.42. The van der Waals surface area contributed by atoms with E-state index < -0.39 is 0 Å². The SMILES string of the molecule is C[C@@H]1CN(c2ccc(N3CCN(CC4CCOCC4)CC3)c(C3CCC(C)(C)CC3)c2)C[C@H](C)O1.Cl. The van der Waals surface area contributed by atoms with Gasteiger partial charge in [0, 0.05) is 70.4 Å². The highest BCUT2D eigenvalue weighted by molar-refractivity contribution is 5.85. The highest BCUT2D eigenvalue weighted by Gasteiger charge is 2.32. The first-order valence-corrected chi connectivity index (χ1v) is 14.5.